The molecule has 0 aliphatic carbocycles. The summed E-state index contributed by atoms with van der Waals surface area (Å²) in [6.07, 6.45) is 0.660. The van der Waals surface area contributed by atoms with Gasteiger partial charge in [-0.1, -0.05) is 0 Å². The van der Waals surface area contributed by atoms with Crippen molar-refractivity contribution in [1.82, 2.24) is 15.4 Å². The first-order valence-corrected chi connectivity index (χ1v) is 8.21. The highest BCUT2D eigenvalue weighted by Gasteiger charge is 2.40. The molecule has 1 fully saturated rings. The molecular formula is C11H21N3O6S. The number of amides is 2. The van der Waals surface area contributed by atoms with E-state index in [1.807, 2.05) is 0 Å². The summed E-state index contributed by atoms with van der Waals surface area (Å²) in [6.45, 7) is 0.612. The minimum atomic E-state index is -3.38. The zero-order valence-electron chi connectivity index (χ0n) is 11.8. The van der Waals surface area contributed by atoms with Gasteiger partial charge in [-0.25, -0.2) is 17.9 Å². The van der Waals surface area contributed by atoms with Crippen molar-refractivity contribution in [2.75, 3.05) is 39.1 Å². The molecule has 9 nitrogen and oxygen atoms in total. The molecule has 1 saturated heterocycles. The van der Waals surface area contributed by atoms with Crippen LogP contribution < -0.4 is 15.4 Å². The third kappa shape index (κ3) is 5.48. The van der Waals surface area contributed by atoms with E-state index in [0.717, 1.165) is 0 Å². The monoisotopic (exact) mass is 323 g/mol. The summed E-state index contributed by atoms with van der Waals surface area (Å²) in [5.41, 5.74) is -1.02. The van der Waals surface area contributed by atoms with Gasteiger partial charge in [0.15, 0.2) is 0 Å². The zero-order chi connectivity index (χ0) is 15.9. The molecule has 0 aromatic carbocycles. The van der Waals surface area contributed by atoms with Crippen molar-refractivity contribution >= 4 is 22.0 Å². The molecular weight excluding hydrogens is 302 g/mol. The van der Waals surface area contributed by atoms with Crippen LogP contribution in [0.1, 0.15) is 12.8 Å². The van der Waals surface area contributed by atoms with E-state index >= 15 is 0 Å². The van der Waals surface area contributed by atoms with Crippen LogP contribution in [-0.4, -0.2) is 64.6 Å². The second kappa shape index (κ2) is 7.57. The third-order valence-corrected chi connectivity index (χ3v) is 4.82. The van der Waals surface area contributed by atoms with Crippen LogP contribution in [0, 0.1) is 5.41 Å². The summed E-state index contributed by atoms with van der Waals surface area (Å²) < 4.78 is 29.6. The van der Waals surface area contributed by atoms with Crippen molar-refractivity contribution in [3.05, 3.63) is 0 Å². The number of carbonyl (C=O) groups excluding carboxylic acids is 1. The number of ether oxygens (including phenoxy) is 1. The highest BCUT2D eigenvalue weighted by molar-refractivity contribution is 7.89. The van der Waals surface area contributed by atoms with Crippen LogP contribution >= 0.6 is 0 Å². The number of carboxylic acid groups (broad SMARTS) is 1. The van der Waals surface area contributed by atoms with E-state index in [1.54, 1.807) is 0 Å². The standard InChI is InChI=1S/C11H21N3O6S/c1-12-21(18,19)7-4-13-10(17)14-8-11(9(15)16)2-5-20-6-3-11/h12H,2-8H2,1H3,(H,15,16)(H2,13,14,17). The van der Waals surface area contributed by atoms with E-state index in [9.17, 15) is 23.1 Å². The molecule has 0 saturated carbocycles. The molecule has 122 valence electrons. The summed E-state index contributed by atoms with van der Waals surface area (Å²) in [5.74, 6) is -1.21. The normalized spacial score (nSPS) is 18.0. The highest BCUT2D eigenvalue weighted by Crippen LogP contribution is 2.29. The lowest BCUT2D eigenvalue weighted by Crippen LogP contribution is -2.49. The van der Waals surface area contributed by atoms with E-state index in [1.165, 1.54) is 7.05 Å². The topological polar surface area (TPSA) is 134 Å². The number of urea groups is 1. The lowest BCUT2D eigenvalue weighted by atomic mass is 9.80. The van der Waals surface area contributed by atoms with Gasteiger partial charge in [-0.3, -0.25) is 4.79 Å². The van der Waals surface area contributed by atoms with Crippen molar-refractivity contribution in [2.45, 2.75) is 12.8 Å². The van der Waals surface area contributed by atoms with Crippen LogP contribution in [0.5, 0.6) is 0 Å². The van der Waals surface area contributed by atoms with Crippen LogP contribution in [0.15, 0.2) is 0 Å². The second-order valence-corrected chi connectivity index (χ2v) is 6.88. The first-order valence-electron chi connectivity index (χ1n) is 6.55. The van der Waals surface area contributed by atoms with Crippen LogP contribution in [0.2, 0.25) is 0 Å². The summed E-state index contributed by atoms with van der Waals surface area (Å²) in [6, 6.07) is -0.589. The van der Waals surface area contributed by atoms with E-state index in [-0.39, 0.29) is 18.8 Å². The molecule has 1 aliphatic heterocycles. The number of sulfonamides is 1. The molecule has 0 atom stereocenters. The predicted octanol–water partition coefficient (Wildman–Crippen LogP) is -1.28. The van der Waals surface area contributed by atoms with Gasteiger partial charge in [-0.05, 0) is 19.9 Å². The Morgan fingerprint density at radius 1 is 1.24 bits per heavy atom. The Morgan fingerprint density at radius 3 is 2.38 bits per heavy atom. The fourth-order valence-corrected chi connectivity index (χ4v) is 2.52. The van der Waals surface area contributed by atoms with E-state index in [4.69, 9.17) is 4.74 Å². The largest absolute Gasteiger partial charge is 0.481 e. The minimum absolute atomic E-state index is 0.0176. The maximum atomic E-state index is 11.6. The van der Waals surface area contributed by atoms with E-state index in [0.29, 0.717) is 26.1 Å². The smallest absolute Gasteiger partial charge is 0.314 e. The number of carboxylic acids is 1. The number of carbonyl (C=O) groups is 2. The SMILES string of the molecule is CNS(=O)(=O)CCNC(=O)NCC1(C(=O)O)CCOCC1. The molecule has 0 radical (unpaired) electrons. The van der Waals surface area contributed by atoms with Crippen LogP contribution in [-0.2, 0) is 19.6 Å². The van der Waals surface area contributed by atoms with Gasteiger partial charge in [-0.15, -0.1) is 0 Å². The predicted molar refractivity (Wildman–Crippen MR) is 74.4 cm³/mol. The maximum absolute atomic E-state index is 11.6. The number of aliphatic carboxylic acids is 1. The fourth-order valence-electron chi connectivity index (χ4n) is 1.94. The average molecular weight is 323 g/mol. The molecule has 0 aromatic heterocycles. The quantitative estimate of drug-likeness (QED) is 0.461. The molecule has 0 aromatic rings. The van der Waals surface area contributed by atoms with Crippen molar-refractivity contribution in [1.29, 1.82) is 0 Å². The Bertz CT molecular complexity index is 472. The molecule has 1 rings (SSSR count). The van der Waals surface area contributed by atoms with Crippen LogP contribution in [0.3, 0.4) is 0 Å². The lowest BCUT2D eigenvalue weighted by molar-refractivity contribution is -0.154. The summed E-state index contributed by atoms with van der Waals surface area (Å²) in [4.78, 5) is 22.9. The first-order chi connectivity index (χ1) is 9.81. The average Bonchev–Trinajstić information content (AvgIpc) is 2.46. The molecule has 0 unspecified atom stereocenters. The molecule has 1 heterocycles. The molecule has 21 heavy (non-hydrogen) atoms. The van der Waals surface area contributed by atoms with E-state index in [2.05, 4.69) is 15.4 Å². The first kappa shape index (κ1) is 17.7. The zero-order valence-corrected chi connectivity index (χ0v) is 12.7. The number of hydrogen-bond acceptors (Lipinski definition) is 5. The Balaban J connectivity index is 2.39. The molecule has 0 spiro atoms. The Labute approximate surface area is 123 Å². The third-order valence-electron chi connectivity index (χ3n) is 3.46. The minimum Gasteiger partial charge on any atom is -0.481 e. The van der Waals surface area contributed by atoms with Gasteiger partial charge < -0.3 is 20.5 Å². The van der Waals surface area contributed by atoms with Gasteiger partial charge in [0.1, 0.15) is 0 Å². The van der Waals surface area contributed by atoms with Crippen LogP contribution in [0.4, 0.5) is 4.79 Å². The molecule has 10 heteroatoms. The lowest BCUT2D eigenvalue weighted by Gasteiger charge is -2.33. The number of rotatable bonds is 7. The second-order valence-electron chi connectivity index (χ2n) is 4.83. The van der Waals surface area contributed by atoms with Gasteiger partial charge >= 0.3 is 12.0 Å². The number of nitrogens with one attached hydrogen (secondary N) is 3. The van der Waals surface area contributed by atoms with Crippen molar-refractivity contribution in [3.8, 4) is 0 Å². The molecule has 1 aliphatic rings. The number of hydrogen-bond donors (Lipinski definition) is 4. The summed E-state index contributed by atoms with van der Waals surface area (Å²) >= 11 is 0. The van der Waals surface area contributed by atoms with Gasteiger partial charge in [0.05, 0.1) is 11.2 Å². The van der Waals surface area contributed by atoms with Gasteiger partial charge in [0, 0.05) is 26.3 Å². The van der Waals surface area contributed by atoms with Crippen molar-refractivity contribution < 1.29 is 27.9 Å². The summed E-state index contributed by atoms with van der Waals surface area (Å²) in [5, 5.41) is 14.2. The van der Waals surface area contributed by atoms with Crippen molar-refractivity contribution in [3.63, 3.8) is 0 Å². The highest BCUT2D eigenvalue weighted by atomic mass is 32.2. The molecule has 0 bridgehead atoms. The molecule has 4 N–H and O–H groups in total. The Hall–Kier alpha value is -1.39. The van der Waals surface area contributed by atoms with Crippen molar-refractivity contribution in [2.24, 2.45) is 5.41 Å². The van der Waals surface area contributed by atoms with E-state index < -0.39 is 27.4 Å². The van der Waals surface area contributed by atoms with Gasteiger partial charge in [0.2, 0.25) is 10.0 Å². The van der Waals surface area contributed by atoms with Gasteiger partial charge in [0.25, 0.3) is 0 Å². The fraction of sp³-hybridized carbons (Fsp3) is 0.818. The Kier molecular flexibility index (Phi) is 6.37. The van der Waals surface area contributed by atoms with Gasteiger partial charge in [-0.2, -0.15) is 0 Å². The maximum Gasteiger partial charge on any atom is 0.314 e. The molecule has 2 amide bonds. The Morgan fingerprint density at radius 2 is 1.86 bits per heavy atom. The summed E-state index contributed by atoms with van der Waals surface area (Å²) in [7, 11) is -2.09. The van der Waals surface area contributed by atoms with Crippen LogP contribution in [0.25, 0.3) is 0 Å².